The minimum Gasteiger partial charge on any atom is -0.370 e. The lowest BCUT2D eigenvalue weighted by atomic mass is 9.89. The molecule has 0 spiro atoms. The Balaban J connectivity index is 2.02. The summed E-state index contributed by atoms with van der Waals surface area (Å²) in [6.07, 6.45) is 10.7. The highest BCUT2D eigenvalue weighted by Gasteiger charge is 2.15. The summed E-state index contributed by atoms with van der Waals surface area (Å²) >= 11 is 0. The molecule has 1 aromatic rings. The first kappa shape index (κ1) is 15.1. The smallest absolute Gasteiger partial charge is 0.134 e. The van der Waals surface area contributed by atoms with E-state index in [9.17, 15) is 0 Å². The first-order chi connectivity index (χ1) is 9.85. The van der Waals surface area contributed by atoms with Crippen LogP contribution in [0.25, 0.3) is 0 Å². The third-order valence-electron chi connectivity index (χ3n) is 4.07. The number of nitrogens with zero attached hydrogens (tertiary/aromatic N) is 2. The number of hydrogen-bond donors (Lipinski definition) is 2. The average Bonchev–Trinajstić information content (AvgIpc) is 2.49. The lowest BCUT2D eigenvalue weighted by Gasteiger charge is -2.23. The summed E-state index contributed by atoms with van der Waals surface area (Å²) in [7, 11) is 0. The molecule has 0 atom stereocenters. The highest BCUT2D eigenvalue weighted by atomic mass is 15.1. The van der Waals surface area contributed by atoms with Crippen molar-refractivity contribution in [3.8, 4) is 0 Å². The van der Waals surface area contributed by atoms with Gasteiger partial charge < -0.3 is 10.6 Å². The maximum absolute atomic E-state index is 4.46. The van der Waals surface area contributed by atoms with Crippen LogP contribution >= 0.6 is 0 Å². The molecule has 4 heteroatoms. The van der Waals surface area contributed by atoms with Gasteiger partial charge in [0.2, 0.25) is 0 Å². The van der Waals surface area contributed by atoms with Gasteiger partial charge in [-0.15, -0.1) is 0 Å². The molecule has 2 rings (SSSR count). The molecule has 20 heavy (non-hydrogen) atoms. The van der Waals surface area contributed by atoms with Crippen LogP contribution in [0.4, 0.5) is 11.6 Å². The molecule has 0 amide bonds. The molecule has 1 aromatic heterocycles. The molecule has 0 saturated heterocycles. The Bertz CT molecular complexity index is 399. The van der Waals surface area contributed by atoms with Gasteiger partial charge in [-0.2, -0.15) is 0 Å². The van der Waals surface area contributed by atoms with Gasteiger partial charge in [-0.3, -0.25) is 0 Å². The van der Waals surface area contributed by atoms with Crippen molar-refractivity contribution in [1.82, 2.24) is 9.97 Å². The van der Waals surface area contributed by atoms with E-state index in [2.05, 4.69) is 34.4 Å². The van der Waals surface area contributed by atoms with Gasteiger partial charge in [-0.25, -0.2) is 9.97 Å². The van der Waals surface area contributed by atoms with Gasteiger partial charge in [0.05, 0.1) is 0 Å². The quantitative estimate of drug-likeness (QED) is 0.794. The summed E-state index contributed by atoms with van der Waals surface area (Å²) in [5.74, 6) is 2.84. The summed E-state index contributed by atoms with van der Waals surface area (Å²) in [4.78, 5) is 8.84. The van der Waals surface area contributed by atoms with Crippen LogP contribution in [0.3, 0.4) is 0 Å². The zero-order valence-corrected chi connectivity index (χ0v) is 12.9. The van der Waals surface area contributed by atoms with Crippen LogP contribution in [-0.4, -0.2) is 23.1 Å². The third-order valence-corrected chi connectivity index (χ3v) is 4.07. The van der Waals surface area contributed by atoms with E-state index in [1.807, 2.05) is 0 Å². The molecule has 0 aromatic carbocycles. The molecular formula is C16H28N4. The molecule has 0 unspecified atom stereocenters. The molecule has 0 bridgehead atoms. The van der Waals surface area contributed by atoms with Crippen LogP contribution in [0.15, 0.2) is 6.33 Å². The van der Waals surface area contributed by atoms with Crippen LogP contribution in [-0.2, 0) is 6.42 Å². The van der Waals surface area contributed by atoms with E-state index in [0.717, 1.165) is 43.5 Å². The van der Waals surface area contributed by atoms with E-state index >= 15 is 0 Å². The van der Waals surface area contributed by atoms with Gasteiger partial charge in [0.1, 0.15) is 18.0 Å². The Morgan fingerprint density at radius 3 is 2.40 bits per heavy atom. The van der Waals surface area contributed by atoms with Gasteiger partial charge in [0.25, 0.3) is 0 Å². The van der Waals surface area contributed by atoms with Crippen molar-refractivity contribution in [2.24, 2.45) is 5.92 Å². The standard InChI is InChI=1S/C16H28N4/c1-3-8-14-15(17-4-2)19-12-20-16(14)18-11-13-9-6-5-7-10-13/h12-13H,3-11H2,1-2H3,(H2,17,18,19,20). The fourth-order valence-corrected chi connectivity index (χ4v) is 3.00. The predicted octanol–water partition coefficient (Wildman–Crippen LogP) is 3.85. The Kier molecular flexibility index (Phi) is 6.09. The second kappa shape index (κ2) is 8.08. The lowest BCUT2D eigenvalue weighted by molar-refractivity contribution is 0.373. The number of rotatable bonds is 7. The van der Waals surface area contributed by atoms with E-state index in [-0.39, 0.29) is 0 Å². The fraction of sp³-hybridized carbons (Fsp3) is 0.750. The van der Waals surface area contributed by atoms with E-state index in [1.54, 1.807) is 6.33 Å². The number of aromatic nitrogens is 2. The van der Waals surface area contributed by atoms with E-state index in [1.165, 1.54) is 37.7 Å². The fourth-order valence-electron chi connectivity index (χ4n) is 3.00. The van der Waals surface area contributed by atoms with Crippen molar-refractivity contribution in [3.05, 3.63) is 11.9 Å². The summed E-state index contributed by atoms with van der Waals surface area (Å²) < 4.78 is 0. The summed E-state index contributed by atoms with van der Waals surface area (Å²) in [6.45, 7) is 6.26. The number of hydrogen-bond acceptors (Lipinski definition) is 4. The van der Waals surface area contributed by atoms with Gasteiger partial charge >= 0.3 is 0 Å². The summed E-state index contributed by atoms with van der Waals surface area (Å²) in [5.41, 5.74) is 1.24. The SMILES string of the molecule is CCCc1c(NCC)ncnc1NCC1CCCCC1. The van der Waals surface area contributed by atoms with Crippen molar-refractivity contribution in [2.45, 2.75) is 58.8 Å². The zero-order chi connectivity index (χ0) is 14.2. The van der Waals surface area contributed by atoms with Crippen LogP contribution in [0, 0.1) is 5.92 Å². The third kappa shape index (κ3) is 4.09. The molecule has 112 valence electrons. The molecule has 1 saturated carbocycles. The summed E-state index contributed by atoms with van der Waals surface area (Å²) in [5, 5.41) is 6.92. The maximum Gasteiger partial charge on any atom is 0.134 e. The first-order valence-corrected chi connectivity index (χ1v) is 8.16. The monoisotopic (exact) mass is 276 g/mol. The first-order valence-electron chi connectivity index (χ1n) is 8.16. The molecule has 1 fully saturated rings. The topological polar surface area (TPSA) is 49.8 Å². The van der Waals surface area contributed by atoms with Crippen LogP contribution in [0.5, 0.6) is 0 Å². The summed E-state index contributed by atoms with van der Waals surface area (Å²) in [6, 6.07) is 0. The minimum atomic E-state index is 0.816. The van der Waals surface area contributed by atoms with Crippen molar-refractivity contribution in [2.75, 3.05) is 23.7 Å². The Morgan fingerprint density at radius 1 is 1.05 bits per heavy atom. The Hall–Kier alpha value is -1.32. The molecular weight excluding hydrogens is 248 g/mol. The molecule has 0 radical (unpaired) electrons. The average molecular weight is 276 g/mol. The molecule has 4 nitrogen and oxygen atoms in total. The maximum atomic E-state index is 4.46. The van der Waals surface area contributed by atoms with Crippen molar-refractivity contribution < 1.29 is 0 Å². The second-order valence-electron chi connectivity index (χ2n) is 5.71. The normalized spacial score (nSPS) is 16.1. The van der Waals surface area contributed by atoms with Crippen molar-refractivity contribution >= 4 is 11.6 Å². The largest absolute Gasteiger partial charge is 0.370 e. The lowest BCUT2D eigenvalue weighted by Crippen LogP contribution is -2.19. The van der Waals surface area contributed by atoms with E-state index in [4.69, 9.17) is 0 Å². The van der Waals surface area contributed by atoms with E-state index < -0.39 is 0 Å². The van der Waals surface area contributed by atoms with Crippen LogP contribution in [0.2, 0.25) is 0 Å². The molecule has 1 heterocycles. The molecule has 1 aliphatic rings. The molecule has 0 aliphatic heterocycles. The van der Waals surface area contributed by atoms with Gasteiger partial charge in [0.15, 0.2) is 0 Å². The highest BCUT2D eigenvalue weighted by Crippen LogP contribution is 2.26. The molecule has 1 aliphatic carbocycles. The van der Waals surface area contributed by atoms with Gasteiger partial charge in [-0.05, 0) is 32.1 Å². The number of nitrogens with one attached hydrogen (secondary N) is 2. The minimum absolute atomic E-state index is 0.816. The molecule has 2 N–H and O–H groups in total. The van der Waals surface area contributed by atoms with Crippen LogP contribution in [0.1, 0.15) is 57.9 Å². The highest BCUT2D eigenvalue weighted by molar-refractivity contribution is 5.57. The second-order valence-corrected chi connectivity index (χ2v) is 5.71. The van der Waals surface area contributed by atoms with Crippen molar-refractivity contribution in [1.29, 1.82) is 0 Å². The Morgan fingerprint density at radius 2 is 1.75 bits per heavy atom. The van der Waals surface area contributed by atoms with Crippen LogP contribution < -0.4 is 10.6 Å². The van der Waals surface area contributed by atoms with Gasteiger partial charge in [0, 0.05) is 18.7 Å². The number of anilines is 2. The van der Waals surface area contributed by atoms with E-state index in [0.29, 0.717) is 0 Å². The van der Waals surface area contributed by atoms with Crippen molar-refractivity contribution in [3.63, 3.8) is 0 Å². The Labute approximate surface area is 122 Å². The van der Waals surface area contributed by atoms with Gasteiger partial charge in [-0.1, -0.05) is 32.6 Å². The predicted molar refractivity (Wildman–Crippen MR) is 85.3 cm³/mol. The zero-order valence-electron chi connectivity index (χ0n) is 12.9.